The fourth-order valence-electron chi connectivity index (χ4n) is 4.78. The molecular formula is C28H38N2O4. The van der Waals surface area contributed by atoms with Gasteiger partial charge in [0.2, 0.25) is 5.75 Å². The molecule has 0 radical (unpaired) electrons. The maximum absolute atomic E-state index is 13.9. The number of carbonyl (C=O) groups is 1. The Morgan fingerprint density at radius 2 is 1.74 bits per heavy atom. The van der Waals surface area contributed by atoms with E-state index in [1.807, 2.05) is 23.1 Å². The molecule has 1 atom stereocenters. The van der Waals surface area contributed by atoms with Gasteiger partial charge in [0.25, 0.3) is 5.91 Å². The lowest BCUT2D eigenvalue weighted by atomic mass is 10.1. The van der Waals surface area contributed by atoms with Crippen LogP contribution in [0.15, 0.2) is 48.0 Å². The lowest BCUT2D eigenvalue weighted by molar-refractivity contribution is 0.0705. The van der Waals surface area contributed by atoms with Gasteiger partial charge in [0, 0.05) is 30.7 Å². The minimum atomic E-state index is -0.0457. The summed E-state index contributed by atoms with van der Waals surface area (Å²) in [4.78, 5) is 18.3. The van der Waals surface area contributed by atoms with Crippen LogP contribution in [0, 0.1) is 0 Å². The van der Waals surface area contributed by atoms with Crippen molar-refractivity contribution in [2.24, 2.45) is 0 Å². The molecular weight excluding hydrogens is 428 g/mol. The molecule has 0 aromatic heterocycles. The maximum Gasteiger partial charge on any atom is 0.254 e. The Balaban J connectivity index is 1.94. The summed E-state index contributed by atoms with van der Waals surface area (Å²) in [6.45, 7) is 8.83. The number of likely N-dealkylation sites (tertiary alicyclic amines) is 1. The number of amides is 1. The SMILES string of the molecule is COc1cc(C(=O)N(C/C(C)=C/c2ccccc2)C[C@@H]2CCCN2C(C)C)cc(OC)c1OC. The van der Waals surface area contributed by atoms with Crippen LogP contribution in [0.5, 0.6) is 17.2 Å². The monoisotopic (exact) mass is 466 g/mol. The van der Waals surface area contributed by atoms with Gasteiger partial charge < -0.3 is 19.1 Å². The molecule has 1 amide bonds. The smallest absolute Gasteiger partial charge is 0.254 e. The molecule has 0 aliphatic carbocycles. The van der Waals surface area contributed by atoms with E-state index in [2.05, 4.69) is 43.9 Å². The Morgan fingerprint density at radius 1 is 1.09 bits per heavy atom. The topological polar surface area (TPSA) is 51.2 Å². The lowest BCUT2D eigenvalue weighted by Crippen LogP contribution is -2.45. The Bertz CT molecular complexity index is 962. The molecule has 0 saturated carbocycles. The van der Waals surface area contributed by atoms with Crippen LogP contribution in [-0.4, -0.2) is 68.8 Å². The second-order valence-corrected chi connectivity index (χ2v) is 9.13. The summed E-state index contributed by atoms with van der Waals surface area (Å²) in [5.74, 6) is 1.39. The zero-order chi connectivity index (χ0) is 24.7. The highest BCUT2D eigenvalue weighted by Crippen LogP contribution is 2.38. The fourth-order valence-corrected chi connectivity index (χ4v) is 4.78. The molecule has 0 unspecified atom stereocenters. The van der Waals surface area contributed by atoms with Gasteiger partial charge >= 0.3 is 0 Å². The number of carbonyl (C=O) groups excluding carboxylic acids is 1. The number of benzene rings is 2. The average molecular weight is 467 g/mol. The van der Waals surface area contributed by atoms with E-state index < -0.39 is 0 Å². The Labute approximate surface area is 204 Å². The molecule has 0 spiro atoms. The molecule has 0 N–H and O–H groups in total. The standard InChI is InChI=1S/C28H38N2O4/c1-20(2)30-14-10-13-24(30)19-29(18-21(3)15-22-11-8-7-9-12-22)28(31)23-16-25(32-4)27(34-6)26(17-23)33-5/h7-9,11-12,15-17,20,24H,10,13-14,18-19H2,1-6H3/b21-15+/t24-/m0/s1. The third kappa shape index (κ3) is 6.11. The quantitative estimate of drug-likeness (QED) is 0.486. The Kier molecular flexibility index (Phi) is 8.99. The van der Waals surface area contributed by atoms with Gasteiger partial charge in [-0.1, -0.05) is 42.0 Å². The summed E-state index contributed by atoms with van der Waals surface area (Å²) in [6, 6.07) is 14.5. The highest BCUT2D eigenvalue weighted by molar-refractivity contribution is 5.96. The van der Waals surface area contributed by atoms with Gasteiger partial charge in [-0.15, -0.1) is 0 Å². The fraction of sp³-hybridized carbons (Fsp3) is 0.464. The number of hydrogen-bond donors (Lipinski definition) is 0. The summed E-state index contributed by atoms with van der Waals surface area (Å²) < 4.78 is 16.4. The normalized spacial score (nSPS) is 16.6. The van der Waals surface area contributed by atoms with E-state index in [1.54, 1.807) is 33.5 Å². The molecule has 1 fully saturated rings. The Morgan fingerprint density at radius 3 is 2.29 bits per heavy atom. The van der Waals surface area contributed by atoms with Crippen LogP contribution in [0.2, 0.25) is 0 Å². The van der Waals surface area contributed by atoms with Gasteiger partial charge in [-0.05, 0) is 57.9 Å². The van der Waals surface area contributed by atoms with E-state index in [4.69, 9.17) is 14.2 Å². The third-order valence-electron chi connectivity index (χ3n) is 6.37. The molecule has 6 nitrogen and oxygen atoms in total. The van der Waals surface area contributed by atoms with Crippen LogP contribution in [-0.2, 0) is 0 Å². The number of methoxy groups -OCH3 is 3. The van der Waals surface area contributed by atoms with E-state index >= 15 is 0 Å². The van der Waals surface area contributed by atoms with E-state index in [9.17, 15) is 4.79 Å². The summed E-state index contributed by atoms with van der Waals surface area (Å²) in [6.07, 6.45) is 4.40. The molecule has 1 aliphatic heterocycles. The van der Waals surface area contributed by atoms with Crippen molar-refractivity contribution < 1.29 is 19.0 Å². The van der Waals surface area contributed by atoms with Crippen LogP contribution in [0.25, 0.3) is 6.08 Å². The van der Waals surface area contributed by atoms with Gasteiger partial charge in [0.1, 0.15) is 0 Å². The Hall–Kier alpha value is -2.99. The van der Waals surface area contributed by atoms with E-state index in [1.165, 1.54) is 0 Å². The van der Waals surface area contributed by atoms with Crippen LogP contribution in [0.4, 0.5) is 0 Å². The summed E-state index contributed by atoms with van der Waals surface area (Å²) in [7, 11) is 4.69. The molecule has 3 rings (SSSR count). The molecule has 1 heterocycles. The number of rotatable bonds is 10. The van der Waals surface area contributed by atoms with Gasteiger partial charge in [0.05, 0.1) is 21.3 Å². The summed E-state index contributed by atoms with van der Waals surface area (Å²) in [5.41, 5.74) is 2.78. The van der Waals surface area contributed by atoms with Gasteiger partial charge in [-0.2, -0.15) is 0 Å². The van der Waals surface area contributed by atoms with Crippen molar-refractivity contribution in [1.29, 1.82) is 0 Å². The minimum Gasteiger partial charge on any atom is -0.493 e. The molecule has 34 heavy (non-hydrogen) atoms. The van der Waals surface area contributed by atoms with Crippen LogP contribution >= 0.6 is 0 Å². The first kappa shape index (κ1) is 25.6. The zero-order valence-electron chi connectivity index (χ0n) is 21.3. The van der Waals surface area contributed by atoms with E-state index in [0.717, 1.165) is 30.5 Å². The lowest BCUT2D eigenvalue weighted by Gasteiger charge is -2.33. The van der Waals surface area contributed by atoms with Crippen LogP contribution in [0.3, 0.4) is 0 Å². The number of ether oxygens (including phenoxy) is 3. The van der Waals surface area contributed by atoms with Crippen molar-refractivity contribution in [3.8, 4) is 17.2 Å². The summed E-state index contributed by atoms with van der Waals surface area (Å²) >= 11 is 0. The van der Waals surface area contributed by atoms with Crippen LogP contribution < -0.4 is 14.2 Å². The number of hydrogen-bond acceptors (Lipinski definition) is 5. The first-order chi connectivity index (χ1) is 16.4. The van der Waals surface area contributed by atoms with Gasteiger partial charge in [0.15, 0.2) is 11.5 Å². The molecule has 184 valence electrons. The van der Waals surface area contributed by atoms with E-state index in [-0.39, 0.29) is 5.91 Å². The van der Waals surface area contributed by atoms with Crippen molar-refractivity contribution in [3.63, 3.8) is 0 Å². The summed E-state index contributed by atoms with van der Waals surface area (Å²) in [5, 5.41) is 0. The van der Waals surface area contributed by atoms with Gasteiger partial charge in [-0.3, -0.25) is 9.69 Å². The largest absolute Gasteiger partial charge is 0.493 e. The predicted octanol–water partition coefficient (Wildman–Crippen LogP) is 5.13. The molecule has 0 bridgehead atoms. The number of nitrogens with zero attached hydrogens (tertiary/aromatic N) is 2. The molecule has 2 aromatic carbocycles. The molecule has 1 saturated heterocycles. The third-order valence-corrected chi connectivity index (χ3v) is 6.37. The minimum absolute atomic E-state index is 0.0457. The second kappa shape index (κ2) is 11.9. The molecule has 2 aromatic rings. The predicted molar refractivity (Wildman–Crippen MR) is 137 cm³/mol. The highest BCUT2D eigenvalue weighted by Gasteiger charge is 2.30. The second-order valence-electron chi connectivity index (χ2n) is 9.13. The zero-order valence-corrected chi connectivity index (χ0v) is 21.3. The van der Waals surface area contributed by atoms with E-state index in [0.29, 0.717) is 48.0 Å². The van der Waals surface area contributed by atoms with Crippen molar-refractivity contribution >= 4 is 12.0 Å². The van der Waals surface area contributed by atoms with Crippen molar-refractivity contribution in [2.45, 2.75) is 45.7 Å². The van der Waals surface area contributed by atoms with Crippen LogP contribution in [0.1, 0.15) is 49.5 Å². The average Bonchev–Trinajstić information content (AvgIpc) is 3.31. The van der Waals surface area contributed by atoms with Crippen molar-refractivity contribution in [3.05, 3.63) is 59.2 Å². The van der Waals surface area contributed by atoms with Crippen molar-refractivity contribution in [2.75, 3.05) is 41.0 Å². The first-order valence-corrected chi connectivity index (χ1v) is 11.9. The highest BCUT2D eigenvalue weighted by atomic mass is 16.5. The van der Waals surface area contributed by atoms with Crippen molar-refractivity contribution in [1.82, 2.24) is 9.80 Å². The first-order valence-electron chi connectivity index (χ1n) is 11.9. The van der Waals surface area contributed by atoms with Gasteiger partial charge in [-0.25, -0.2) is 0 Å². The molecule has 1 aliphatic rings. The maximum atomic E-state index is 13.9. The molecule has 6 heteroatoms.